The Hall–Kier alpha value is -4.14. The van der Waals surface area contributed by atoms with Crippen LogP contribution in [0.3, 0.4) is 0 Å². The first-order valence-corrected chi connectivity index (χ1v) is 10.9. The Balaban J connectivity index is 1.29. The number of benzene rings is 3. The normalized spacial score (nSPS) is 11.9. The van der Waals surface area contributed by atoms with E-state index in [1.54, 1.807) is 24.3 Å². The number of anilines is 2. The van der Waals surface area contributed by atoms with E-state index in [2.05, 4.69) is 15.6 Å². The minimum atomic E-state index is -0.782. The van der Waals surface area contributed by atoms with Crippen LogP contribution in [-0.4, -0.2) is 34.1 Å². The molecular formula is C26H27N5O3. The highest BCUT2D eigenvalue weighted by Gasteiger charge is 2.13. The number of nitrogens with two attached hydrogens (primary N) is 1. The molecular weight excluding hydrogens is 430 g/mol. The number of aromatic amines is 1. The van der Waals surface area contributed by atoms with Crippen LogP contribution in [0, 0.1) is 5.41 Å². The molecule has 0 spiro atoms. The van der Waals surface area contributed by atoms with Gasteiger partial charge in [-0.05, 0) is 72.6 Å². The minimum absolute atomic E-state index is 0.0254. The lowest BCUT2D eigenvalue weighted by molar-refractivity contribution is 0.176. The van der Waals surface area contributed by atoms with Crippen molar-refractivity contribution in [2.75, 3.05) is 18.4 Å². The average Bonchev–Trinajstić information content (AvgIpc) is 2.83. The number of aromatic nitrogens is 1. The van der Waals surface area contributed by atoms with Gasteiger partial charge in [-0.15, -0.1) is 0 Å². The SMILES string of the molecule is N=C(N)c1ccc(Nc2ccc(CCNCC(O)c3ccc(O)c4[nH]c(=O)ccc34)cc2)cc1. The van der Waals surface area contributed by atoms with Crippen molar-refractivity contribution in [3.05, 3.63) is 99.8 Å². The molecule has 0 radical (unpaired) electrons. The fraction of sp³-hybridized carbons (Fsp3) is 0.154. The summed E-state index contributed by atoms with van der Waals surface area (Å²) in [6.45, 7) is 1.03. The van der Waals surface area contributed by atoms with E-state index in [0.29, 0.717) is 35.1 Å². The van der Waals surface area contributed by atoms with Crippen LogP contribution in [0.25, 0.3) is 10.9 Å². The van der Waals surface area contributed by atoms with E-state index in [9.17, 15) is 15.0 Å². The summed E-state index contributed by atoms with van der Waals surface area (Å²) in [5.41, 5.74) is 9.87. The van der Waals surface area contributed by atoms with E-state index in [1.807, 2.05) is 36.4 Å². The summed E-state index contributed by atoms with van der Waals surface area (Å²) in [6, 6.07) is 21.6. The molecule has 0 fully saturated rings. The van der Waals surface area contributed by atoms with Crippen LogP contribution in [0.5, 0.6) is 5.75 Å². The van der Waals surface area contributed by atoms with Crippen molar-refractivity contribution in [1.29, 1.82) is 5.41 Å². The predicted octanol–water partition coefficient (Wildman–Crippen LogP) is 3.13. The summed E-state index contributed by atoms with van der Waals surface area (Å²) in [5, 5.41) is 35.3. The van der Waals surface area contributed by atoms with Crippen molar-refractivity contribution in [1.82, 2.24) is 10.3 Å². The minimum Gasteiger partial charge on any atom is -0.506 e. The van der Waals surface area contributed by atoms with Crippen molar-refractivity contribution in [2.45, 2.75) is 12.5 Å². The number of rotatable bonds is 9. The molecule has 1 aromatic heterocycles. The number of phenols is 1. The van der Waals surface area contributed by atoms with Crippen LogP contribution in [0.1, 0.15) is 22.8 Å². The molecule has 0 aliphatic rings. The third kappa shape index (κ3) is 5.43. The fourth-order valence-corrected chi connectivity index (χ4v) is 3.79. The summed E-state index contributed by atoms with van der Waals surface area (Å²) in [6.07, 6.45) is 0.0132. The number of aliphatic hydroxyl groups is 1. The van der Waals surface area contributed by atoms with Crippen LogP contribution in [0.4, 0.5) is 11.4 Å². The number of H-pyrrole nitrogens is 1. The monoisotopic (exact) mass is 457 g/mol. The van der Waals surface area contributed by atoms with Crippen molar-refractivity contribution in [3.8, 4) is 5.75 Å². The molecule has 4 rings (SSSR count). The zero-order chi connectivity index (χ0) is 24.1. The maximum atomic E-state index is 11.6. The molecule has 8 heteroatoms. The molecule has 3 aromatic carbocycles. The molecule has 174 valence electrons. The maximum Gasteiger partial charge on any atom is 0.248 e. The Kier molecular flexibility index (Phi) is 6.91. The van der Waals surface area contributed by atoms with Crippen LogP contribution in [-0.2, 0) is 6.42 Å². The lowest BCUT2D eigenvalue weighted by Gasteiger charge is -2.15. The summed E-state index contributed by atoms with van der Waals surface area (Å²) < 4.78 is 0. The molecule has 0 amide bonds. The van der Waals surface area contributed by atoms with Gasteiger partial charge in [0.15, 0.2) is 0 Å². The lowest BCUT2D eigenvalue weighted by atomic mass is 10.0. The van der Waals surface area contributed by atoms with Crippen molar-refractivity contribution < 1.29 is 10.2 Å². The number of nitrogen functional groups attached to an aromatic ring is 1. The first kappa shape index (κ1) is 23.0. The van der Waals surface area contributed by atoms with Gasteiger partial charge in [-0.25, -0.2) is 0 Å². The van der Waals surface area contributed by atoms with Gasteiger partial charge in [0.05, 0.1) is 11.6 Å². The second-order valence-electron chi connectivity index (χ2n) is 8.07. The van der Waals surface area contributed by atoms with Gasteiger partial charge in [-0.1, -0.05) is 18.2 Å². The highest BCUT2D eigenvalue weighted by molar-refractivity contribution is 5.95. The maximum absolute atomic E-state index is 11.6. The van der Waals surface area contributed by atoms with Gasteiger partial charge in [-0.3, -0.25) is 10.2 Å². The number of amidine groups is 1. The molecule has 0 saturated carbocycles. The Morgan fingerprint density at radius 3 is 2.32 bits per heavy atom. The van der Waals surface area contributed by atoms with Crippen molar-refractivity contribution >= 4 is 28.1 Å². The average molecular weight is 458 g/mol. The van der Waals surface area contributed by atoms with Gasteiger partial charge in [0.1, 0.15) is 11.6 Å². The summed E-state index contributed by atoms with van der Waals surface area (Å²) in [5.74, 6) is 0.0208. The first-order chi connectivity index (χ1) is 16.4. The zero-order valence-corrected chi connectivity index (χ0v) is 18.5. The van der Waals surface area contributed by atoms with E-state index < -0.39 is 6.10 Å². The standard InChI is InChI=1S/C26H27N5O3/c27-26(28)17-3-7-19(8-4-17)30-18-5-1-16(2-6-18)13-14-29-15-23(33)20-9-11-22(32)25-21(20)10-12-24(34)31-25/h1-12,23,29-30,32-33H,13-15H2,(H3,27,28)(H,31,34). The van der Waals surface area contributed by atoms with Gasteiger partial charge in [0, 0.05) is 34.9 Å². The van der Waals surface area contributed by atoms with Crippen LogP contribution >= 0.6 is 0 Å². The van der Waals surface area contributed by atoms with Gasteiger partial charge < -0.3 is 31.6 Å². The highest BCUT2D eigenvalue weighted by Crippen LogP contribution is 2.28. The first-order valence-electron chi connectivity index (χ1n) is 10.9. The molecule has 1 heterocycles. The summed E-state index contributed by atoms with van der Waals surface area (Å²) in [7, 11) is 0. The Bertz CT molecular complexity index is 1350. The topological polar surface area (TPSA) is 147 Å². The number of phenolic OH excluding ortho intramolecular Hbond substituents is 1. The Morgan fingerprint density at radius 2 is 1.65 bits per heavy atom. The van der Waals surface area contributed by atoms with E-state index in [0.717, 1.165) is 23.4 Å². The molecule has 0 aliphatic carbocycles. The third-order valence-corrected chi connectivity index (χ3v) is 5.63. The van der Waals surface area contributed by atoms with E-state index in [-0.39, 0.29) is 17.1 Å². The molecule has 0 bridgehead atoms. The third-order valence-electron chi connectivity index (χ3n) is 5.63. The lowest BCUT2D eigenvalue weighted by Crippen LogP contribution is -2.24. The molecule has 8 N–H and O–H groups in total. The van der Waals surface area contributed by atoms with E-state index >= 15 is 0 Å². The van der Waals surface area contributed by atoms with Gasteiger partial charge in [-0.2, -0.15) is 0 Å². The smallest absolute Gasteiger partial charge is 0.248 e. The number of aromatic hydroxyl groups is 1. The van der Waals surface area contributed by atoms with Gasteiger partial charge in [0.2, 0.25) is 5.56 Å². The molecule has 0 aliphatic heterocycles. The second-order valence-corrected chi connectivity index (χ2v) is 8.07. The Morgan fingerprint density at radius 1 is 0.971 bits per heavy atom. The Labute approximate surface area is 196 Å². The zero-order valence-electron chi connectivity index (χ0n) is 18.5. The number of hydrogen-bond donors (Lipinski definition) is 7. The van der Waals surface area contributed by atoms with Gasteiger partial charge in [0.25, 0.3) is 0 Å². The molecule has 8 nitrogen and oxygen atoms in total. The number of pyridine rings is 1. The number of hydrogen-bond acceptors (Lipinski definition) is 6. The molecule has 1 atom stereocenters. The summed E-state index contributed by atoms with van der Waals surface area (Å²) in [4.78, 5) is 14.2. The molecule has 0 saturated heterocycles. The fourth-order valence-electron chi connectivity index (χ4n) is 3.79. The largest absolute Gasteiger partial charge is 0.506 e. The van der Waals surface area contributed by atoms with E-state index in [4.69, 9.17) is 11.1 Å². The number of nitrogens with one attached hydrogen (secondary N) is 4. The second kappa shape index (κ2) is 10.2. The molecule has 34 heavy (non-hydrogen) atoms. The predicted molar refractivity (Wildman–Crippen MR) is 135 cm³/mol. The van der Waals surface area contributed by atoms with Crippen LogP contribution < -0.4 is 21.9 Å². The van der Waals surface area contributed by atoms with Crippen molar-refractivity contribution in [3.63, 3.8) is 0 Å². The summed E-state index contributed by atoms with van der Waals surface area (Å²) >= 11 is 0. The number of fused-ring (bicyclic) bond motifs is 1. The molecule has 4 aromatic rings. The molecule has 1 unspecified atom stereocenters. The van der Waals surface area contributed by atoms with Crippen molar-refractivity contribution in [2.24, 2.45) is 5.73 Å². The van der Waals surface area contributed by atoms with E-state index in [1.165, 1.54) is 12.1 Å². The highest BCUT2D eigenvalue weighted by atomic mass is 16.3. The van der Waals surface area contributed by atoms with Crippen LogP contribution in [0.2, 0.25) is 0 Å². The van der Waals surface area contributed by atoms with Crippen LogP contribution in [0.15, 0.2) is 77.6 Å². The quantitative estimate of drug-likeness (QED) is 0.117. The number of aliphatic hydroxyl groups excluding tert-OH is 1. The van der Waals surface area contributed by atoms with Gasteiger partial charge >= 0.3 is 0 Å².